The lowest BCUT2D eigenvalue weighted by Crippen LogP contribution is -2.70. The molecule has 1 aromatic carbocycles. The molecule has 3 aliphatic rings. The highest BCUT2D eigenvalue weighted by atomic mass is 16.2. The molecule has 0 bridgehead atoms. The monoisotopic (exact) mass is 419 g/mol. The van der Waals surface area contributed by atoms with Gasteiger partial charge >= 0.3 is 6.03 Å². The molecule has 0 spiro atoms. The highest BCUT2D eigenvalue weighted by Crippen LogP contribution is 2.29. The third kappa shape index (κ3) is 3.57. The van der Waals surface area contributed by atoms with E-state index < -0.39 is 12.1 Å². The van der Waals surface area contributed by atoms with Crippen molar-refractivity contribution in [2.24, 2.45) is 0 Å². The molecule has 31 heavy (non-hydrogen) atoms. The molecular weight excluding hydrogens is 394 g/mol. The summed E-state index contributed by atoms with van der Waals surface area (Å²) in [5.41, 5.74) is 2.84. The van der Waals surface area contributed by atoms with Crippen molar-refractivity contribution in [2.45, 2.75) is 37.9 Å². The van der Waals surface area contributed by atoms with E-state index in [1.807, 2.05) is 30.3 Å². The predicted molar refractivity (Wildman–Crippen MR) is 114 cm³/mol. The Morgan fingerprint density at radius 1 is 1.16 bits per heavy atom. The summed E-state index contributed by atoms with van der Waals surface area (Å²) in [4.78, 5) is 48.5. The molecule has 4 amide bonds. The first-order valence-electron chi connectivity index (χ1n) is 10.8. The van der Waals surface area contributed by atoms with E-state index in [9.17, 15) is 14.4 Å². The molecule has 5 rings (SSSR count). The summed E-state index contributed by atoms with van der Waals surface area (Å²) in [6.45, 7) is 1.45. The smallest absolute Gasteiger partial charge is 0.310 e. The summed E-state index contributed by atoms with van der Waals surface area (Å²) in [5, 5.41) is 3.27. The highest BCUT2D eigenvalue weighted by molar-refractivity contribution is 6.03. The van der Waals surface area contributed by atoms with Gasteiger partial charge in [-0.2, -0.15) is 0 Å². The second-order valence-electron chi connectivity index (χ2n) is 8.26. The van der Waals surface area contributed by atoms with Crippen LogP contribution in [-0.2, 0) is 22.6 Å². The largest absolute Gasteiger partial charge is 0.327 e. The number of anilines is 1. The Morgan fingerprint density at radius 2 is 2.03 bits per heavy atom. The normalized spacial score (nSPS) is 23.0. The van der Waals surface area contributed by atoms with E-state index in [1.54, 1.807) is 28.3 Å². The van der Waals surface area contributed by atoms with Gasteiger partial charge in [0.1, 0.15) is 12.6 Å². The van der Waals surface area contributed by atoms with Gasteiger partial charge in [-0.15, -0.1) is 0 Å². The third-order valence-corrected chi connectivity index (χ3v) is 6.39. The topological polar surface area (TPSA) is 85.8 Å². The lowest BCUT2D eigenvalue weighted by Gasteiger charge is -2.47. The lowest BCUT2D eigenvalue weighted by atomic mass is 9.93. The molecule has 8 nitrogen and oxygen atoms in total. The van der Waals surface area contributed by atoms with Gasteiger partial charge in [-0.1, -0.05) is 24.3 Å². The molecule has 2 atom stereocenters. The van der Waals surface area contributed by atoms with Crippen LogP contribution >= 0.6 is 0 Å². The summed E-state index contributed by atoms with van der Waals surface area (Å²) in [7, 11) is 0. The van der Waals surface area contributed by atoms with E-state index in [-0.39, 0.29) is 30.9 Å². The third-order valence-electron chi connectivity index (χ3n) is 6.39. The van der Waals surface area contributed by atoms with Crippen LogP contribution in [0, 0.1) is 0 Å². The molecule has 0 aliphatic carbocycles. The molecule has 1 N–H and O–H groups in total. The average Bonchev–Trinajstić information content (AvgIpc) is 3.24. The maximum atomic E-state index is 13.4. The van der Waals surface area contributed by atoms with Crippen molar-refractivity contribution < 1.29 is 14.4 Å². The molecule has 0 saturated carbocycles. The highest BCUT2D eigenvalue weighted by Gasteiger charge is 2.48. The van der Waals surface area contributed by atoms with Crippen molar-refractivity contribution in [3.05, 3.63) is 59.9 Å². The fourth-order valence-corrected chi connectivity index (χ4v) is 4.85. The van der Waals surface area contributed by atoms with Crippen molar-refractivity contribution in [2.75, 3.05) is 24.5 Å². The van der Waals surface area contributed by atoms with Crippen LogP contribution in [0.1, 0.15) is 24.0 Å². The number of nitrogens with zero attached hydrogens (tertiary/aromatic N) is 4. The molecule has 2 fully saturated rings. The van der Waals surface area contributed by atoms with Crippen molar-refractivity contribution in [3.63, 3.8) is 0 Å². The molecule has 2 unspecified atom stereocenters. The fourth-order valence-electron chi connectivity index (χ4n) is 4.85. The van der Waals surface area contributed by atoms with Crippen molar-refractivity contribution in [1.29, 1.82) is 0 Å². The summed E-state index contributed by atoms with van der Waals surface area (Å²) < 4.78 is 0. The Kier molecular flexibility index (Phi) is 5.15. The molecule has 160 valence electrons. The van der Waals surface area contributed by atoms with Crippen LogP contribution in [0.25, 0.3) is 0 Å². The van der Waals surface area contributed by atoms with Crippen LogP contribution in [0.3, 0.4) is 0 Å². The van der Waals surface area contributed by atoms with Crippen molar-refractivity contribution in [1.82, 2.24) is 20.1 Å². The van der Waals surface area contributed by atoms with E-state index in [4.69, 9.17) is 0 Å². The number of rotatable bonds is 4. The first-order valence-corrected chi connectivity index (χ1v) is 10.8. The second-order valence-corrected chi connectivity index (χ2v) is 8.26. The fraction of sp³-hybridized carbons (Fsp3) is 0.391. The number of amides is 4. The van der Waals surface area contributed by atoms with Gasteiger partial charge in [0, 0.05) is 24.6 Å². The average molecular weight is 419 g/mol. The number of benzene rings is 1. The number of fused-ring (bicyclic) bond motifs is 2. The number of imide groups is 1. The van der Waals surface area contributed by atoms with Gasteiger partial charge in [-0.25, -0.2) is 4.79 Å². The minimum Gasteiger partial charge on any atom is -0.310 e. The first kappa shape index (κ1) is 19.7. The Hall–Kier alpha value is -3.26. The number of carbonyl (C=O) groups excluding carboxylic acids is 3. The molecule has 8 heteroatoms. The molecule has 3 aliphatic heterocycles. The summed E-state index contributed by atoms with van der Waals surface area (Å²) in [6.07, 6.45) is 5.69. The Labute approximate surface area is 180 Å². The number of pyridine rings is 1. The van der Waals surface area contributed by atoms with E-state index in [0.29, 0.717) is 13.0 Å². The lowest BCUT2D eigenvalue weighted by molar-refractivity contribution is -0.138. The Morgan fingerprint density at radius 3 is 2.87 bits per heavy atom. The zero-order chi connectivity index (χ0) is 21.4. The van der Waals surface area contributed by atoms with Gasteiger partial charge in [-0.05, 0) is 49.1 Å². The van der Waals surface area contributed by atoms with E-state index >= 15 is 0 Å². The molecule has 4 heterocycles. The number of carbonyl (C=O) groups is 3. The minimum atomic E-state index is -0.484. The summed E-state index contributed by atoms with van der Waals surface area (Å²) in [5.74, 6) is -0.341. The number of nitrogens with one attached hydrogen (secondary N) is 1. The number of aromatic nitrogens is 1. The van der Waals surface area contributed by atoms with Gasteiger partial charge in [0.25, 0.3) is 0 Å². The minimum absolute atomic E-state index is 0.0349. The second kappa shape index (κ2) is 8.11. The van der Waals surface area contributed by atoms with Crippen molar-refractivity contribution >= 4 is 23.5 Å². The summed E-state index contributed by atoms with van der Waals surface area (Å²) in [6, 6.07) is 10.3. The van der Waals surface area contributed by atoms with E-state index in [2.05, 4.69) is 10.3 Å². The SMILES string of the molecule is O=C1C2NCCCC2N(CC(=O)N2CCc3ccccc32)C(=O)N1Cc1cccnc1. The first-order chi connectivity index (χ1) is 15.1. The van der Waals surface area contributed by atoms with Crippen LogP contribution in [0.15, 0.2) is 48.8 Å². The van der Waals surface area contributed by atoms with Crippen LogP contribution in [0.5, 0.6) is 0 Å². The number of piperidine rings is 1. The van der Waals surface area contributed by atoms with Gasteiger partial charge < -0.3 is 15.1 Å². The molecule has 0 radical (unpaired) electrons. The van der Waals surface area contributed by atoms with Gasteiger partial charge in [-0.3, -0.25) is 19.5 Å². The molecule has 2 saturated heterocycles. The Balaban J connectivity index is 1.40. The van der Waals surface area contributed by atoms with Crippen LogP contribution in [0.2, 0.25) is 0 Å². The standard InChI is InChI=1S/C23H25N5O3/c29-20(26-12-9-17-6-1-2-7-18(17)26)15-27-19-8-4-11-25-21(19)22(30)28(23(27)31)14-16-5-3-10-24-13-16/h1-3,5-7,10,13,19,21,25H,4,8-9,11-12,14-15H2. The van der Waals surface area contributed by atoms with E-state index in [1.165, 1.54) is 4.90 Å². The van der Waals surface area contributed by atoms with Crippen LogP contribution < -0.4 is 10.2 Å². The predicted octanol–water partition coefficient (Wildman–Crippen LogP) is 1.56. The number of hydrogen-bond acceptors (Lipinski definition) is 5. The van der Waals surface area contributed by atoms with Crippen molar-refractivity contribution in [3.8, 4) is 0 Å². The zero-order valence-electron chi connectivity index (χ0n) is 17.2. The maximum Gasteiger partial charge on any atom is 0.327 e. The van der Waals surface area contributed by atoms with Gasteiger partial charge in [0.2, 0.25) is 11.8 Å². The van der Waals surface area contributed by atoms with Crippen LogP contribution in [-0.4, -0.2) is 64.3 Å². The summed E-state index contributed by atoms with van der Waals surface area (Å²) >= 11 is 0. The van der Waals surface area contributed by atoms with Gasteiger partial charge in [0.05, 0.1) is 12.6 Å². The van der Waals surface area contributed by atoms with Gasteiger partial charge in [0.15, 0.2) is 0 Å². The maximum absolute atomic E-state index is 13.4. The molecule has 1 aromatic heterocycles. The molecule has 2 aromatic rings. The zero-order valence-corrected chi connectivity index (χ0v) is 17.2. The quantitative estimate of drug-likeness (QED) is 0.813. The Bertz CT molecular complexity index is 1010. The number of hydrogen-bond donors (Lipinski definition) is 1. The number of para-hydroxylation sites is 1. The number of urea groups is 1. The van der Waals surface area contributed by atoms with E-state index in [0.717, 1.165) is 36.2 Å². The molecular formula is C23H25N5O3. The van der Waals surface area contributed by atoms with Crippen LogP contribution in [0.4, 0.5) is 10.5 Å².